The van der Waals surface area contributed by atoms with E-state index in [1.165, 1.54) is 0 Å². The molecular formula is C8H11O4P. The number of aliphatic hydroxyl groups is 1. The Kier molecular flexibility index (Phi) is 3.22. The maximum Gasteiger partial charge on any atom is 0.354 e. The summed E-state index contributed by atoms with van der Waals surface area (Å²) in [5.41, 5.74) is 0.707. The predicted molar refractivity (Wildman–Crippen MR) is 48.2 cm³/mol. The van der Waals surface area contributed by atoms with E-state index < -0.39 is 13.4 Å². The molecule has 0 saturated carbocycles. The van der Waals surface area contributed by atoms with Gasteiger partial charge in [-0.2, -0.15) is 0 Å². The summed E-state index contributed by atoms with van der Waals surface area (Å²) in [6, 6.07) is 8.72. The lowest BCUT2D eigenvalue weighted by Crippen LogP contribution is -2.10. The fraction of sp³-hybridized carbons (Fsp3) is 0.250. The van der Waals surface area contributed by atoms with Crippen molar-refractivity contribution in [2.75, 3.05) is 0 Å². The molecule has 1 unspecified atom stereocenters. The van der Waals surface area contributed by atoms with Crippen molar-refractivity contribution in [3.8, 4) is 0 Å². The standard InChI is InChI=1S/C8H11O4P/c9-8(13(10,11)12)6-7-4-2-1-3-5-7/h1-5,8-9H,6H2,(H2,10,11,12). The zero-order valence-electron chi connectivity index (χ0n) is 6.87. The Bertz CT molecular complexity index is 305. The van der Waals surface area contributed by atoms with Gasteiger partial charge in [0, 0.05) is 6.42 Å². The Hall–Kier alpha value is -0.670. The van der Waals surface area contributed by atoms with E-state index in [0.717, 1.165) is 0 Å². The second kappa shape index (κ2) is 4.03. The van der Waals surface area contributed by atoms with Crippen LogP contribution in [-0.4, -0.2) is 20.7 Å². The van der Waals surface area contributed by atoms with Gasteiger partial charge in [-0.15, -0.1) is 0 Å². The van der Waals surface area contributed by atoms with Crippen molar-refractivity contribution in [2.45, 2.75) is 12.3 Å². The minimum Gasteiger partial charge on any atom is -0.380 e. The van der Waals surface area contributed by atoms with Crippen LogP contribution in [-0.2, 0) is 11.0 Å². The van der Waals surface area contributed by atoms with Gasteiger partial charge in [-0.05, 0) is 5.56 Å². The molecule has 0 aromatic heterocycles. The van der Waals surface area contributed by atoms with E-state index in [4.69, 9.17) is 14.9 Å². The van der Waals surface area contributed by atoms with E-state index in [0.29, 0.717) is 5.56 Å². The van der Waals surface area contributed by atoms with Gasteiger partial charge >= 0.3 is 7.60 Å². The Balaban J connectivity index is 2.66. The van der Waals surface area contributed by atoms with Gasteiger partial charge in [0.1, 0.15) is 0 Å². The number of hydrogen-bond acceptors (Lipinski definition) is 2. The van der Waals surface area contributed by atoms with Crippen molar-refractivity contribution >= 4 is 7.60 Å². The van der Waals surface area contributed by atoms with E-state index in [1.54, 1.807) is 30.3 Å². The van der Waals surface area contributed by atoms with Gasteiger partial charge in [-0.3, -0.25) is 4.57 Å². The molecule has 0 radical (unpaired) electrons. The summed E-state index contributed by atoms with van der Waals surface area (Å²) in [6.07, 6.45) is -0.0227. The molecule has 5 heteroatoms. The Morgan fingerprint density at radius 2 is 1.77 bits per heavy atom. The van der Waals surface area contributed by atoms with Crippen LogP contribution in [0.3, 0.4) is 0 Å². The third kappa shape index (κ3) is 3.28. The predicted octanol–water partition coefficient (Wildman–Crippen LogP) is 0.725. The van der Waals surface area contributed by atoms with Crippen molar-refractivity contribution in [3.63, 3.8) is 0 Å². The van der Waals surface area contributed by atoms with Gasteiger partial charge in [0.2, 0.25) is 0 Å². The van der Waals surface area contributed by atoms with E-state index >= 15 is 0 Å². The number of benzene rings is 1. The van der Waals surface area contributed by atoms with E-state index in [1.807, 2.05) is 0 Å². The number of hydrogen-bond donors (Lipinski definition) is 3. The molecule has 3 N–H and O–H groups in total. The van der Waals surface area contributed by atoms with Crippen molar-refractivity contribution in [1.82, 2.24) is 0 Å². The van der Waals surface area contributed by atoms with Crippen LogP contribution in [0, 0.1) is 0 Å². The van der Waals surface area contributed by atoms with Crippen molar-refractivity contribution in [1.29, 1.82) is 0 Å². The van der Waals surface area contributed by atoms with Gasteiger partial charge in [-0.25, -0.2) is 0 Å². The molecule has 72 valence electrons. The van der Waals surface area contributed by atoms with Crippen molar-refractivity contribution in [2.24, 2.45) is 0 Å². The quantitative estimate of drug-likeness (QED) is 0.631. The zero-order valence-corrected chi connectivity index (χ0v) is 7.76. The minimum atomic E-state index is -4.37. The molecule has 0 aliphatic rings. The van der Waals surface area contributed by atoms with E-state index in [9.17, 15) is 4.57 Å². The molecule has 1 aromatic carbocycles. The molecule has 0 fully saturated rings. The third-order valence-electron chi connectivity index (χ3n) is 1.65. The molecule has 0 heterocycles. The first-order valence-corrected chi connectivity index (χ1v) is 5.45. The highest BCUT2D eigenvalue weighted by atomic mass is 31.2. The Morgan fingerprint density at radius 3 is 2.23 bits per heavy atom. The van der Waals surface area contributed by atoms with Crippen LogP contribution in [0.1, 0.15) is 5.56 Å². The molecule has 0 amide bonds. The van der Waals surface area contributed by atoms with E-state index in [-0.39, 0.29) is 6.42 Å². The summed E-state index contributed by atoms with van der Waals surface area (Å²) >= 11 is 0. The monoisotopic (exact) mass is 202 g/mol. The van der Waals surface area contributed by atoms with Gasteiger partial charge in [-0.1, -0.05) is 30.3 Å². The molecule has 1 rings (SSSR count). The second-order valence-corrected chi connectivity index (χ2v) is 4.53. The van der Waals surface area contributed by atoms with Crippen LogP contribution in [0.4, 0.5) is 0 Å². The Morgan fingerprint density at radius 1 is 1.23 bits per heavy atom. The first kappa shape index (κ1) is 10.4. The molecule has 0 aliphatic heterocycles. The maximum absolute atomic E-state index is 10.6. The topological polar surface area (TPSA) is 77.8 Å². The fourth-order valence-corrected chi connectivity index (χ4v) is 1.39. The first-order chi connectivity index (χ1) is 6.00. The fourth-order valence-electron chi connectivity index (χ4n) is 0.944. The normalized spacial score (nSPS) is 14.1. The summed E-state index contributed by atoms with van der Waals surface area (Å²) in [5, 5.41) is 9.08. The SMILES string of the molecule is O=P(O)(O)C(O)Cc1ccccc1. The Labute approximate surface area is 76.0 Å². The highest BCUT2D eigenvalue weighted by molar-refractivity contribution is 7.52. The van der Waals surface area contributed by atoms with Crippen LogP contribution < -0.4 is 0 Å². The van der Waals surface area contributed by atoms with Gasteiger partial charge < -0.3 is 14.9 Å². The van der Waals surface area contributed by atoms with Crippen LogP contribution in [0.25, 0.3) is 0 Å². The van der Waals surface area contributed by atoms with Gasteiger partial charge in [0.25, 0.3) is 0 Å². The largest absolute Gasteiger partial charge is 0.380 e. The number of aliphatic hydroxyl groups excluding tert-OH is 1. The smallest absolute Gasteiger partial charge is 0.354 e. The van der Waals surface area contributed by atoms with E-state index in [2.05, 4.69) is 0 Å². The highest BCUT2D eigenvalue weighted by Gasteiger charge is 2.25. The molecular weight excluding hydrogens is 191 g/mol. The summed E-state index contributed by atoms with van der Waals surface area (Å²) in [5.74, 6) is -1.60. The average Bonchev–Trinajstić information content (AvgIpc) is 2.04. The first-order valence-electron chi connectivity index (χ1n) is 3.77. The summed E-state index contributed by atoms with van der Waals surface area (Å²) in [6.45, 7) is 0. The van der Waals surface area contributed by atoms with Crippen molar-refractivity contribution < 1.29 is 19.5 Å². The molecule has 0 bridgehead atoms. The summed E-state index contributed by atoms with van der Waals surface area (Å²) in [7, 11) is -4.37. The molecule has 13 heavy (non-hydrogen) atoms. The van der Waals surface area contributed by atoms with Crippen LogP contribution in [0.5, 0.6) is 0 Å². The lowest BCUT2D eigenvalue weighted by Gasteiger charge is -2.11. The van der Waals surface area contributed by atoms with Crippen LogP contribution >= 0.6 is 7.60 Å². The summed E-state index contributed by atoms with van der Waals surface area (Å²) < 4.78 is 10.6. The van der Waals surface area contributed by atoms with Crippen LogP contribution in [0.15, 0.2) is 30.3 Å². The number of rotatable bonds is 3. The summed E-state index contributed by atoms with van der Waals surface area (Å²) in [4.78, 5) is 17.2. The third-order valence-corrected chi connectivity index (χ3v) is 2.61. The van der Waals surface area contributed by atoms with Crippen molar-refractivity contribution in [3.05, 3.63) is 35.9 Å². The highest BCUT2D eigenvalue weighted by Crippen LogP contribution is 2.40. The zero-order chi connectivity index (χ0) is 9.90. The van der Waals surface area contributed by atoms with Crippen LogP contribution in [0.2, 0.25) is 0 Å². The molecule has 1 atom stereocenters. The lowest BCUT2D eigenvalue weighted by atomic mass is 10.2. The lowest BCUT2D eigenvalue weighted by molar-refractivity contribution is 0.202. The molecule has 0 saturated heterocycles. The average molecular weight is 202 g/mol. The van der Waals surface area contributed by atoms with Gasteiger partial charge in [0.05, 0.1) is 0 Å². The minimum absolute atomic E-state index is 0.0227. The molecule has 0 aliphatic carbocycles. The second-order valence-electron chi connectivity index (χ2n) is 2.76. The molecule has 0 spiro atoms. The molecule has 1 aromatic rings. The molecule has 4 nitrogen and oxygen atoms in total. The maximum atomic E-state index is 10.6. The van der Waals surface area contributed by atoms with Gasteiger partial charge in [0.15, 0.2) is 5.85 Å².